The maximum atomic E-state index is 13.0. The summed E-state index contributed by atoms with van der Waals surface area (Å²) in [4.78, 5) is 26.0. The summed E-state index contributed by atoms with van der Waals surface area (Å²) < 4.78 is 6.15. The maximum Gasteiger partial charge on any atom is 0.254 e. The van der Waals surface area contributed by atoms with Crippen LogP contribution in [0.1, 0.15) is 24.0 Å². The van der Waals surface area contributed by atoms with Crippen molar-refractivity contribution in [1.29, 1.82) is 0 Å². The van der Waals surface area contributed by atoms with Crippen molar-refractivity contribution in [2.75, 3.05) is 0 Å². The zero-order valence-corrected chi connectivity index (χ0v) is 18.1. The fourth-order valence-electron chi connectivity index (χ4n) is 5.58. The second-order valence-corrected chi connectivity index (χ2v) is 9.04. The maximum absolute atomic E-state index is 13.0. The first-order valence-electron chi connectivity index (χ1n) is 11.5. The smallest absolute Gasteiger partial charge is 0.254 e. The molecule has 3 aliphatic carbocycles. The fraction of sp³-hybridized carbons (Fsp3) is 0.250. The number of hydrazone groups is 1. The number of carbonyl (C=O) groups is 2. The lowest BCUT2D eigenvalue weighted by atomic mass is 9.63. The number of hydrogen-bond donors (Lipinski definition) is 0. The molecule has 2 fully saturated rings. The molecule has 0 spiro atoms. The number of fused-ring (bicyclic) bond motifs is 2. The van der Waals surface area contributed by atoms with Gasteiger partial charge in [0, 0.05) is 5.56 Å². The van der Waals surface area contributed by atoms with Gasteiger partial charge in [0.15, 0.2) is 0 Å². The third-order valence-electron chi connectivity index (χ3n) is 7.23. The average molecular weight is 437 g/mol. The summed E-state index contributed by atoms with van der Waals surface area (Å²) in [6.07, 6.45) is 7.75. The van der Waals surface area contributed by atoms with Crippen LogP contribution in [0.5, 0.6) is 5.75 Å². The van der Waals surface area contributed by atoms with Crippen molar-refractivity contribution in [3.63, 3.8) is 0 Å². The standard InChI is InChI=1S/C28H24N2O3/c31-27-25-19-12-13-20(15-14-19)26(25)28(32)30(27)29-16-21-7-2-4-11-24(21)33-17-22-9-5-8-18-6-1-3-10-23(18)22/h1-13,16,19-20,25-26H,14-15,17H2/b29-16-/t19-,20-,25-,26-/m0/s1. The summed E-state index contributed by atoms with van der Waals surface area (Å²) in [6.45, 7) is 0.410. The van der Waals surface area contributed by atoms with E-state index < -0.39 is 0 Å². The second-order valence-electron chi connectivity index (χ2n) is 9.04. The third-order valence-corrected chi connectivity index (χ3v) is 7.23. The lowest BCUT2D eigenvalue weighted by molar-refractivity contribution is -0.140. The molecule has 1 saturated carbocycles. The van der Waals surface area contributed by atoms with Crippen molar-refractivity contribution in [3.05, 3.63) is 90.0 Å². The van der Waals surface area contributed by atoms with Gasteiger partial charge in [-0.25, -0.2) is 0 Å². The average Bonchev–Trinajstić information content (AvgIpc) is 3.14. The summed E-state index contributed by atoms with van der Waals surface area (Å²) in [5.74, 6) is 0.129. The van der Waals surface area contributed by atoms with Gasteiger partial charge < -0.3 is 4.74 Å². The molecule has 2 bridgehead atoms. The Morgan fingerprint density at radius 3 is 2.27 bits per heavy atom. The molecule has 0 unspecified atom stereocenters. The number of amides is 2. The van der Waals surface area contributed by atoms with E-state index in [0.29, 0.717) is 12.4 Å². The minimum atomic E-state index is -0.253. The molecule has 1 saturated heterocycles. The predicted molar refractivity (Wildman–Crippen MR) is 127 cm³/mol. The first-order valence-corrected chi connectivity index (χ1v) is 11.5. The van der Waals surface area contributed by atoms with E-state index in [1.807, 2.05) is 42.5 Å². The highest BCUT2D eigenvalue weighted by molar-refractivity contribution is 6.06. The molecule has 33 heavy (non-hydrogen) atoms. The van der Waals surface area contributed by atoms with Crippen molar-refractivity contribution in [2.24, 2.45) is 28.8 Å². The van der Waals surface area contributed by atoms with Crippen molar-refractivity contribution in [3.8, 4) is 5.75 Å². The summed E-state index contributed by atoms with van der Waals surface area (Å²) in [7, 11) is 0. The van der Waals surface area contributed by atoms with Gasteiger partial charge in [-0.2, -0.15) is 10.1 Å². The molecule has 0 N–H and O–H groups in total. The number of rotatable bonds is 5. The van der Waals surface area contributed by atoms with Gasteiger partial charge in [0.2, 0.25) is 0 Å². The molecule has 1 aliphatic heterocycles. The van der Waals surface area contributed by atoms with E-state index in [1.165, 1.54) is 5.39 Å². The molecule has 2 amide bonds. The zero-order chi connectivity index (χ0) is 22.4. The van der Waals surface area contributed by atoms with E-state index in [9.17, 15) is 9.59 Å². The number of carbonyl (C=O) groups excluding carboxylic acids is 2. The quantitative estimate of drug-likeness (QED) is 0.323. The predicted octanol–water partition coefficient (Wildman–Crippen LogP) is 4.95. The monoisotopic (exact) mass is 436 g/mol. The number of nitrogens with zero attached hydrogens (tertiary/aromatic N) is 2. The number of benzene rings is 3. The first kappa shape index (κ1) is 19.9. The van der Waals surface area contributed by atoms with Gasteiger partial charge in [-0.05, 0) is 53.1 Å². The Balaban J connectivity index is 1.23. The van der Waals surface area contributed by atoms with Crippen LogP contribution in [0.3, 0.4) is 0 Å². The summed E-state index contributed by atoms with van der Waals surface area (Å²) in [6, 6.07) is 22.0. The molecule has 164 valence electrons. The van der Waals surface area contributed by atoms with Crippen molar-refractivity contribution in [2.45, 2.75) is 19.4 Å². The molecule has 4 aliphatic rings. The van der Waals surface area contributed by atoms with Crippen molar-refractivity contribution < 1.29 is 14.3 Å². The van der Waals surface area contributed by atoms with Crippen LogP contribution in [0.4, 0.5) is 0 Å². The normalized spacial score (nSPS) is 25.9. The highest BCUT2D eigenvalue weighted by atomic mass is 16.5. The van der Waals surface area contributed by atoms with Crippen LogP contribution in [0.15, 0.2) is 84.0 Å². The molecular weight excluding hydrogens is 412 g/mol. The molecule has 0 radical (unpaired) electrons. The Morgan fingerprint density at radius 2 is 1.52 bits per heavy atom. The Labute approximate surface area is 192 Å². The van der Waals surface area contributed by atoms with Gasteiger partial charge in [0.1, 0.15) is 12.4 Å². The largest absolute Gasteiger partial charge is 0.488 e. The lowest BCUT2D eigenvalue weighted by Gasteiger charge is -2.37. The van der Waals surface area contributed by atoms with E-state index in [2.05, 4.69) is 41.5 Å². The summed E-state index contributed by atoms with van der Waals surface area (Å²) >= 11 is 0. The molecule has 5 heteroatoms. The minimum Gasteiger partial charge on any atom is -0.488 e. The Bertz CT molecular complexity index is 1270. The van der Waals surface area contributed by atoms with Crippen molar-refractivity contribution in [1.82, 2.24) is 5.01 Å². The molecule has 7 rings (SSSR count). The molecule has 5 nitrogen and oxygen atoms in total. The molecular formula is C28H24N2O3. The highest BCUT2D eigenvalue weighted by Crippen LogP contribution is 2.49. The van der Waals surface area contributed by atoms with Crippen LogP contribution in [-0.4, -0.2) is 23.0 Å². The fourth-order valence-corrected chi connectivity index (χ4v) is 5.58. The van der Waals surface area contributed by atoms with Crippen LogP contribution in [-0.2, 0) is 16.2 Å². The second kappa shape index (κ2) is 8.00. The van der Waals surface area contributed by atoms with Crippen LogP contribution in [0, 0.1) is 23.7 Å². The van der Waals surface area contributed by atoms with Crippen LogP contribution in [0.2, 0.25) is 0 Å². The van der Waals surface area contributed by atoms with Crippen LogP contribution < -0.4 is 4.74 Å². The van der Waals surface area contributed by atoms with Gasteiger partial charge in [-0.3, -0.25) is 9.59 Å². The first-order chi connectivity index (χ1) is 16.2. The van der Waals surface area contributed by atoms with Gasteiger partial charge in [0.05, 0.1) is 18.1 Å². The highest BCUT2D eigenvalue weighted by Gasteiger charge is 2.56. The third kappa shape index (κ3) is 3.35. The van der Waals surface area contributed by atoms with Crippen molar-refractivity contribution >= 4 is 28.8 Å². The van der Waals surface area contributed by atoms with E-state index in [4.69, 9.17) is 4.74 Å². The number of allylic oxidation sites excluding steroid dienone is 2. The number of ether oxygens (including phenoxy) is 1. The molecule has 0 aromatic heterocycles. The van der Waals surface area contributed by atoms with Gasteiger partial charge in [-0.1, -0.05) is 66.7 Å². The van der Waals surface area contributed by atoms with Crippen LogP contribution in [0.25, 0.3) is 10.8 Å². The van der Waals surface area contributed by atoms with E-state index in [-0.39, 0.29) is 35.5 Å². The van der Waals surface area contributed by atoms with Crippen LogP contribution >= 0.6 is 0 Å². The molecule has 3 aromatic carbocycles. The Kier molecular flexibility index (Phi) is 4.83. The van der Waals surface area contributed by atoms with Gasteiger partial charge in [0.25, 0.3) is 11.8 Å². The van der Waals surface area contributed by atoms with E-state index in [0.717, 1.165) is 34.4 Å². The minimum absolute atomic E-state index is 0.160. The Hall–Kier alpha value is -3.73. The number of imide groups is 1. The zero-order valence-electron chi connectivity index (χ0n) is 18.1. The molecule has 3 aromatic rings. The van der Waals surface area contributed by atoms with E-state index >= 15 is 0 Å². The SMILES string of the molecule is O=C1[C@@H]2[C@@H](C(=O)N1/N=C\c1ccccc1OCc1cccc3ccccc13)[C@H]1C=C[C@H]2CC1. The molecule has 1 heterocycles. The number of para-hydroxylation sites is 1. The summed E-state index contributed by atoms with van der Waals surface area (Å²) in [5, 5.41) is 7.76. The van der Waals surface area contributed by atoms with E-state index in [1.54, 1.807) is 6.21 Å². The number of hydrogen-bond acceptors (Lipinski definition) is 4. The van der Waals surface area contributed by atoms with Gasteiger partial charge in [-0.15, -0.1) is 0 Å². The topological polar surface area (TPSA) is 59.0 Å². The molecule has 4 atom stereocenters. The summed E-state index contributed by atoms with van der Waals surface area (Å²) in [5.41, 5.74) is 1.83. The Morgan fingerprint density at radius 1 is 0.848 bits per heavy atom. The van der Waals surface area contributed by atoms with Gasteiger partial charge >= 0.3 is 0 Å². The lowest BCUT2D eigenvalue weighted by Crippen LogP contribution is -2.38.